The van der Waals surface area contributed by atoms with E-state index in [1.54, 1.807) is 12.1 Å². The van der Waals surface area contributed by atoms with Gasteiger partial charge < -0.3 is 9.47 Å². The number of carbonyl (C=O) groups is 1. The molecule has 23 heavy (non-hydrogen) atoms. The van der Waals surface area contributed by atoms with Gasteiger partial charge in [0.2, 0.25) is 5.88 Å². The number of amides is 1. The quantitative estimate of drug-likeness (QED) is 0.774. The lowest BCUT2D eigenvalue weighted by molar-refractivity contribution is 0.102. The van der Waals surface area contributed by atoms with Crippen LogP contribution in [-0.2, 0) is 0 Å². The summed E-state index contributed by atoms with van der Waals surface area (Å²) in [5.41, 5.74) is 0.995. The summed E-state index contributed by atoms with van der Waals surface area (Å²) in [4.78, 5) is 16.5. The molecule has 3 rings (SSSR count). The van der Waals surface area contributed by atoms with Gasteiger partial charge in [-0.1, -0.05) is 11.3 Å². The van der Waals surface area contributed by atoms with Crippen LogP contribution in [0.4, 0.5) is 5.13 Å². The van der Waals surface area contributed by atoms with Crippen LogP contribution in [-0.4, -0.2) is 34.8 Å². The molecule has 0 aliphatic heterocycles. The summed E-state index contributed by atoms with van der Waals surface area (Å²) in [6.45, 7) is 2.53. The summed E-state index contributed by atoms with van der Waals surface area (Å²) in [6, 6.07) is 8.74. The standard InChI is InChI=1S/C15H14N4O3S/c1-3-22-9-4-5-10-12(8-9)23-15(16-10)17-14(20)11-6-7-13(21-2)19-18-11/h4-8H,3H2,1-2H3,(H,16,17,20). The van der Waals surface area contributed by atoms with Crippen molar-refractivity contribution in [3.63, 3.8) is 0 Å². The molecule has 0 saturated heterocycles. The van der Waals surface area contributed by atoms with Gasteiger partial charge in [-0.15, -0.1) is 10.2 Å². The highest BCUT2D eigenvalue weighted by Crippen LogP contribution is 2.29. The van der Waals surface area contributed by atoms with Gasteiger partial charge in [-0.2, -0.15) is 0 Å². The second-order valence-corrected chi connectivity index (χ2v) is 5.53. The molecule has 8 heteroatoms. The van der Waals surface area contributed by atoms with Crippen LogP contribution >= 0.6 is 11.3 Å². The minimum atomic E-state index is -0.371. The van der Waals surface area contributed by atoms with Gasteiger partial charge in [0.1, 0.15) is 5.75 Å². The number of fused-ring (bicyclic) bond motifs is 1. The van der Waals surface area contributed by atoms with E-state index >= 15 is 0 Å². The molecule has 0 spiro atoms. The van der Waals surface area contributed by atoms with E-state index in [2.05, 4.69) is 20.5 Å². The van der Waals surface area contributed by atoms with Crippen molar-refractivity contribution in [1.82, 2.24) is 15.2 Å². The van der Waals surface area contributed by atoms with E-state index in [4.69, 9.17) is 9.47 Å². The topological polar surface area (TPSA) is 86.2 Å². The summed E-state index contributed by atoms with van der Waals surface area (Å²) in [5.74, 6) is 0.761. The van der Waals surface area contributed by atoms with Gasteiger partial charge in [0.05, 0.1) is 23.9 Å². The number of hydrogen-bond acceptors (Lipinski definition) is 7. The van der Waals surface area contributed by atoms with Crippen molar-refractivity contribution in [3.8, 4) is 11.6 Å². The molecule has 0 bridgehead atoms. The van der Waals surface area contributed by atoms with Crippen molar-refractivity contribution >= 4 is 32.6 Å². The maximum Gasteiger partial charge on any atom is 0.277 e. The van der Waals surface area contributed by atoms with E-state index in [0.29, 0.717) is 17.6 Å². The van der Waals surface area contributed by atoms with Gasteiger partial charge in [-0.05, 0) is 31.2 Å². The highest BCUT2D eigenvalue weighted by molar-refractivity contribution is 7.22. The largest absolute Gasteiger partial charge is 0.494 e. The first-order valence-electron chi connectivity index (χ1n) is 6.92. The van der Waals surface area contributed by atoms with Crippen LogP contribution in [0.3, 0.4) is 0 Å². The zero-order chi connectivity index (χ0) is 16.2. The number of benzene rings is 1. The molecule has 1 amide bonds. The van der Waals surface area contributed by atoms with Crippen LogP contribution in [0.15, 0.2) is 30.3 Å². The zero-order valence-corrected chi connectivity index (χ0v) is 13.4. The number of rotatable bonds is 5. The fourth-order valence-electron chi connectivity index (χ4n) is 1.93. The van der Waals surface area contributed by atoms with Crippen molar-refractivity contribution in [2.45, 2.75) is 6.92 Å². The van der Waals surface area contributed by atoms with Crippen molar-refractivity contribution < 1.29 is 14.3 Å². The summed E-state index contributed by atoms with van der Waals surface area (Å²) < 4.78 is 11.3. The second kappa shape index (κ2) is 6.57. The van der Waals surface area contributed by atoms with Gasteiger partial charge in [-0.25, -0.2) is 4.98 Å². The number of nitrogens with zero attached hydrogens (tertiary/aromatic N) is 3. The Balaban J connectivity index is 1.78. The van der Waals surface area contributed by atoms with Crippen molar-refractivity contribution in [1.29, 1.82) is 0 Å². The van der Waals surface area contributed by atoms with Gasteiger partial charge in [0.15, 0.2) is 10.8 Å². The second-order valence-electron chi connectivity index (χ2n) is 4.50. The lowest BCUT2D eigenvalue weighted by Crippen LogP contribution is -2.14. The molecule has 0 atom stereocenters. The van der Waals surface area contributed by atoms with E-state index in [9.17, 15) is 4.79 Å². The number of anilines is 1. The number of nitrogens with one attached hydrogen (secondary N) is 1. The Morgan fingerprint density at radius 2 is 2.13 bits per heavy atom. The monoisotopic (exact) mass is 330 g/mol. The van der Waals surface area contributed by atoms with Crippen molar-refractivity contribution in [2.75, 3.05) is 19.0 Å². The van der Waals surface area contributed by atoms with Gasteiger partial charge in [0, 0.05) is 6.07 Å². The number of thiazole rings is 1. The Kier molecular flexibility index (Phi) is 4.33. The maximum atomic E-state index is 12.1. The Labute approximate surface area is 136 Å². The molecule has 2 aromatic heterocycles. The molecule has 118 valence electrons. The van der Waals surface area contributed by atoms with Crippen molar-refractivity contribution in [3.05, 3.63) is 36.0 Å². The van der Waals surface area contributed by atoms with E-state index in [0.717, 1.165) is 16.0 Å². The summed E-state index contributed by atoms with van der Waals surface area (Å²) in [5, 5.41) is 10.8. The van der Waals surface area contributed by atoms with Gasteiger partial charge in [-0.3, -0.25) is 10.1 Å². The molecule has 7 nitrogen and oxygen atoms in total. The Hall–Kier alpha value is -2.74. The van der Waals surface area contributed by atoms with E-state index in [1.807, 2.05) is 25.1 Å². The maximum absolute atomic E-state index is 12.1. The molecule has 0 unspecified atom stereocenters. The van der Waals surface area contributed by atoms with Crippen LogP contribution in [0.5, 0.6) is 11.6 Å². The molecule has 0 fully saturated rings. The smallest absolute Gasteiger partial charge is 0.277 e. The summed E-state index contributed by atoms with van der Waals surface area (Å²) in [6.07, 6.45) is 0. The van der Waals surface area contributed by atoms with Crippen LogP contribution in [0.1, 0.15) is 17.4 Å². The van der Waals surface area contributed by atoms with Crippen LogP contribution < -0.4 is 14.8 Å². The molecule has 1 aromatic carbocycles. The van der Waals surface area contributed by atoms with Gasteiger partial charge in [0.25, 0.3) is 5.91 Å². The summed E-state index contributed by atoms with van der Waals surface area (Å²) >= 11 is 1.37. The van der Waals surface area contributed by atoms with Gasteiger partial charge >= 0.3 is 0 Å². The Morgan fingerprint density at radius 1 is 1.26 bits per heavy atom. The molecule has 0 radical (unpaired) electrons. The first kappa shape index (κ1) is 15.2. The lowest BCUT2D eigenvalue weighted by Gasteiger charge is -2.01. The van der Waals surface area contributed by atoms with Crippen LogP contribution in [0, 0.1) is 0 Å². The third kappa shape index (κ3) is 3.37. The first-order valence-corrected chi connectivity index (χ1v) is 7.73. The molecular formula is C15H14N4O3S. The highest BCUT2D eigenvalue weighted by atomic mass is 32.1. The SMILES string of the molecule is CCOc1ccc2nc(NC(=O)c3ccc(OC)nn3)sc2c1. The fraction of sp³-hybridized carbons (Fsp3) is 0.200. The number of methoxy groups -OCH3 is 1. The predicted molar refractivity (Wildman–Crippen MR) is 87.3 cm³/mol. The molecule has 0 saturated carbocycles. The average molecular weight is 330 g/mol. The lowest BCUT2D eigenvalue weighted by atomic mass is 10.3. The number of hydrogen-bond donors (Lipinski definition) is 1. The summed E-state index contributed by atoms with van der Waals surface area (Å²) in [7, 11) is 1.49. The predicted octanol–water partition coefficient (Wildman–Crippen LogP) is 2.75. The van der Waals surface area contributed by atoms with E-state index in [1.165, 1.54) is 18.4 Å². The minimum Gasteiger partial charge on any atom is -0.494 e. The highest BCUT2D eigenvalue weighted by Gasteiger charge is 2.12. The van der Waals surface area contributed by atoms with Crippen LogP contribution in [0.2, 0.25) is 0 Å². The molecule has 3 aromatic rings. The fourth-order valence-corrected chi connectivity index (χ4v) is 2.82. The third-order valence-corrected chi connectivity index (χ3v) is 3.91. The number of aromatic nitrogens is 3. The Morgan fingerprint density at radius 3 is 2.83 bits per heavy atom. The number of carbonyl (C=O) groups excluding carboxylic acids is 1. The molecule has 0 aliphatic carbocycles. The normalized spacial score (nSPS) is 10.5. The van der Waals surface area contributed by atoms with Crippen molar-refractivity contribution in [2.24, 2.45) is 0 Å². The Bertz CT molecular complexity index is 832. The average Bonchev–Trinajstić information content (AvgIpc) is 2.96. The van der Waals surface area contributed by atoms with E-state index in [-0.39, 0.29) is 11.6 Å². The molecule has 2 heterocycles. The first-order chi connectivity index (χ1) is 11.2. The number of ether oxygens (including phenoxy) is 2. The zero-order valence-electron chi connectivity index (χ0n) is 12.6. The molecule has 1 N–H and O–H groups in total. The molecule has 0 aliphatic rings. The van der Waals surface area contributed by atoms with Crippen LogP contribution in [0.25, 0.3) is 10.2 Å². The van der Waals surface area contributed by atoms with E-state index < -0.39 is 0 Å². The minimum absolute atomic E-state index is 0.195. The third-order valence-electron chi connectivity index (χ3n) is 2.97. The molecular weight excluding hydrogens is 316 g/mol.